The van der Waals surface area contributed by atoms with Gasteiger partial charge in [0.2, 0.25) is 0 Å². The van der Waals surface area contributed by atoms with Crippen LogP contribution in [0, 0.1) is 0 Å². The second-order valence-electron chi connectivity index (χ2n) is 6.76. The smallest absolute Gasteiger partial charge is 0.319 e. The van der Waals surface area contributed by atoms with Gasteiger partial charge in [-0.15, -0.1) is 0 Å². The van der Waals surface area contributed by atoms with Gasteiger partial charge in [-0.3, -0.25) is 4.79 Å². The molecule has 0 fully saturated rings. The minimum absolute atomic E-state index is 0.208. The van der Waals surface area contributed by atoms with Crippen molar-refractivity contribution in [3.63, 3.8) is 0 Å². The van der Waals surface area contributed by atoms with Gasteiger partial charge >= 0.3 is 5.97 Å². The van der Waals surface area contributed by atoms with Crippen molar-refractivity contribution >= 4 is 28.8 Å². The molecule has 0 saturated carbocycles. The standard InChI is InChI=1S/C24H23N3O2S/c1-3-20(24(28)29-4-2)30-23-21-19(17-11-7-5-8-12-17)15-27(22(21)25-16-26-23)18-13-9-6-10-14-18/h5-16,20H,3-4H2,1-2H3. The van der Waals surface area contributed by atoms with Gasteiger partial charge in [-0.05, 0) is 31.0 Å². The lowest BCUT2D eigenvalue weighted by Crippen LogP contribution is -2.19. The first kappa shape index (κ1) is 20.2. The van der Waals surface area contributed by atoms with E-state index in [-0.39, 0.29) is 11.2 Å². The van der Waals surface area contributed by atoms with Gasteiger partial charge in [0.15, 0.2) is 0 Å². The zero-order valence-corrected chi connectivity index (χ0v) is 17.8. The second kappa shape index (κ2) is 9.13. The number of para-hydroxylation sites is 1. The largest absolute Gasteiger partial charge is 0.465 e. The molecule has 0 saturated heterocycles. The van der Waals surface area contributed by atoms with Crippen LogP contribution in [0.3, 0.4) is 0 Å². The molecular formula is C24H23N3O2S. The monoisotopic (exact) mass is 417 g/mol. The van der Waals surface area contributed by atoms with Gasteiger partial charge in [-0.1, -0.05) is 67.2 Å². The summed E-state index contributed by atoms with van der Waals surface area (Å²) in [6, 6.07) is 20.3. The van der Waals surface area contributed by atoms with Crippen molar-refractivity contribution in [2.75, 3.05) is 6.61 Å². The predicted molar refractivity (Wildman–Crippen MR) is 121 cm³/mol. The Balaban J connectivity index is 1.90. The highest BCUT2D eigenvalue weighted by Gasteiger charge is 2.24. The summed E-state index contributed by atoms with van der Waals surface area (Å²) < 4.78 is 7.34. The Morgan fingerprint density at radius 2 is 1.73 bits per heavy atom. The number of hydrogen-bond acceptors (Lipinski definition) is 5. The molecule has 1 atom stereocenters. The van der Waals surface area contributed by atoms with Crippen LogP contribution in [0.4, 0.5) is 0 Å². The number of carbonyl (C=O) groups is 1. The highest BCUT2D eigenvalue weighted by molar-refractivity contribution is 8.00. The predicted octanol–water partition coefficient (Wildman–Crippen LogP) is 5.52. The van der Waals surface area contributed by atoms with E-state index >= 15 is 0 Å². The van der Waals surface area contributed by atoms with Crippen molar-refractivity contribution in [1.82, 2.24) is 14.5 Å². The number of benzene rings is 2. The molecule has 0 aliphatic carbocycles. The van der Waals surface area contributed by atoms with Gasteiger partial charge in [-0.25, -0.2) is 9.97 Å². The van der Waals surface area contributed by atoms with Gasteiger partial charge in [-0.2, -0.15) is 0 Å². The summed E-state index contributed by atoms with van der Waals surface area (Å²) in [6.07, 6.45) is 4.32. The third-order valence-corrected chi connectivity index (χ3v) is 6.18. The molecule has 0 radical (unpaired) electrons. The van der Waals surface area contributed by atoms with Gasteiger partial charge in [0.1, 0.15) is 22.3 Å². The van der Waals surface area contributed by atoms with Gasteiger partial charge < -0.3 is 9.30 Å². The molecule has 2 aromatic heterocycles. The number of aromatic nitrogens is 3. The minimum Gasteiger partial charge on any atom is -0.465 e. The Hall–Kier alpha value is -3.12. The van der Waals surface area contributed by atoms with E-state index in [2.05, 4.69) is 45.0 Å². The van der Waals surface area contributed by atoms with E-state index in [0.717, 1.165) is 32.9 Å². The third kappa shape index (κ3) is 3.96. The zero-order valence-electron chi connectivity index (χ0n) is 17.0. The lowest BCUT2D eigenvalue weighted by molar-refractivity contribution is -0.142. The normalized spacial score (nSPS) is 12.1. The molecule has 0 bridgehead atoms. The van der Waals surface area contributed by atoms with E-state index in [1.807, 2.05) is 50.2 Å². The summed E-state index contributed by atoms with van der Waals surface area (Å²) in [5, 5.41) is 1.42. The maximum atomic E-state index is 12.4. The summed E-state index contributed by atoms with van der Waals surface area (Å²) >= 11 is 1.44. The second-order valence-corrected chi connectivity index (χ2v) is 7.95. The Morgan fingerprint density at radius 1 is 1.03 bits per heavy atom. The highest BCUT2D eigenvalue weighted by atomic mass is 32.2. The van der Waals surface area contributed by atoms with Crippen LogP contribution in [0.1, 0.15) is 20.3 Å². The molecule has 0 N–H and O–H groups in total. The van der Waals surface area contributed by atoms with E-state index in [0.29, 0.717) is 13.0 Å². The minimum atomic E-state index is -0.313. The van der Waals surface area contributed by atoms with E-state index in [4.69, 9.17) is 4.74 Å². The molecular weight excluding hydrogens is 394 g/mol. The molecule has 1 unspecified atom stereocenters. The molecule has 0 aliphatic heterocycles. The van der Waals surface area contributed by atoms with Crippen LogP contribution < -0.4 is 0 Å². The maximum absolute atomic E-state index is 12.4. The topological polar surface area (TPSA) is 57.0 Å². The number of thioether (sulfide) groups is 1. The highest BCUT2D eigenvalue weighted by Crippen LogP contribution is 2.38. The summed E-state index contributed by atoms with van der Waals surface area (Å²) in [6.45, 7) is 4.18. The lowest BCUT2D eigenvalue weighted by Gasteiger charge is -2.13. The van der Waals surface area contributed by atoms with E-state index in [1.165, 1.54) is 11.8 Å². The fourth-order valence-corrected chi connectivity index (χ4v) is 4.44. The van der Waals surface area contributed by atoms with Gasteiger partial charge in [0, 0.05) is 17.4 Å². The first-order valence-electron chi connectivity index (χ1n) is 10.0. The molecule has 4 aromatic rings. The summed E-state index contributed by atoms with van der Waals surface area (Å²) in [5.74, 6) is -0.208. The molecule has 4 rings (SSSR count). The number of nitrogens with zero attached hydrogens (tertiary/aromatic N) is 3. The fraction of sp³-hybridized carbons (Fsp3) is 0.208. The quantitative estimate of drug-likeness (QED) is 0.225. The number of fused-ring (bicyclic) bond motifs is 1. The number of carbonyl (C=O) groups excluding carboxylic acids is 1. The van der Waals surface area contributed by atoms with Crippen LogP contribution in [0.15, 0.2) is 78.2 Å². The van der Waals surface area contributed by atoms with Gasteiger partial charge in [0.25, 0.3) is 0 Å². The summed E-state index contributed by atoms with van der Waals surface area (Å²) in [5.41, 5.74) is 3.96. The number of hydrogen-bond donors (Lipinski definition) is 0. The van der Waals surface area contributed by atoms with E-state index in [9.17, 15) is 4.79 Å². The molecule has 0 amide bonds. The number of ether oxygens (including phenoxy) is 1. The van der Waals surface area contributed by atoms with Crippen LogP contribution >= 0.6 is 11.8 Å². The van der Waals surface area contributed by atoms with E-state index < -0.39 is 0 Å². The first-order chi connectivity index (χ1) is 14.7. The molecule has 2 aromatic carbocycles. The van der Waals surface area contributed by atoms with Crippen molar-refractivity contribution in [2.45, 2.75) is 30.5 Å². The van der Waals surface area contributed by atoms with Crippen LogP contribution in [-0.2, 0) is 9.53 Å². The van der Waals surface area contributed by atoms with Crippen LogP contribution in [0.5, 0.6) is 0 Å². The van der Waals surface area contributed by atoms with Crippen molar-refractivity contribution in [1.29, 1.82) is 0 Å². The van der Waals surface area contributed by atoms with Crippen molar-refractivity contribution < 1.29 is 9.53 Å². The summed E-state index contributed by atoms with van der Waals surface area (Å²) in [7, 11) is 0. The fourth-order valence-electron chi connectivity index (χ4n) is 3.41. The Labute approximate surface area is 180 Å². The van der Waals surface area contributed by atoms with Crippen molar-refractivity contribution in [2.24, 2.45) is 0 Å². The molecule has 30 heavy (non-hydrogen) atoms. The molecule has 152 valence electrons. The SMILES string of the molecule is CCOC(=O)C(CC)Sc1ncnc2c1c(-c1ccccc1)cn2-c1ccccc1. The zero-order chi connectivity index (χ0) is 20.9. The average Bonchev–Trinajstić information content (AvgIpc) is 3.19. The van der Waals surface area contributed by atoms with Crippen LogP contribution in [0.25, 0.3) is 27.8 Å². The van der Waals surface area contributed by atoms with Crippen molar-refractivity contribution in [3.05, 3.63) is 73.2 Å². The Kier molecular flexibility index (Phi) is 6.14. The average molecular weight is 418 g/mol. The molecule has 0 aliphatic rings. The van der Waals surface area contributed by atoms with Crippen LogP contribution in [0.2, 0.25) is 0 Å². The first-order valence-corrected chi connectivity index (χ1v) is 10.9. The van der Waals surface area contributed by atoms with Gasteiger partial charge in [0.05, 0.1) is 12.0 Å². The van der Waals surface area contributed by atoms with Crippen LogP contribution in [-0.4, -0.2) is 32.4 Å². The number of rotatable bonds is 7. The summed E-state index contributed by atoms with van der Waals surface area (Å²) in [4.78, 5) is 21.6. The number of esters is 1. The Morgan fingerprint density at radius 3 is 2.40 bits per heavy atom. The Bertz CT molecular complexity index is 1140. The lowest BCUT2D eigenvalue weighted by atomic mass is 10.1. The molecule has 5 nitrogen and oxygen atoms in total. The van der Waals surface area contributed by atoms with Crippen molar-refractivity contribution in [3.8, 4) is 16.8 Å². The molecule has 2 heterocycles. The van der Waals surface area contributed by atoms with E-state index in [1.54, 1.807) is 6.33 Å². The maximum Gasteiger partial charge on any atom is 0.319 e. The molecule has 6 heteroatoms. The third-order valence-electron chi connectivity index (χ3n) is 4.84. The molecule has 0 spiro atoms.